The number of hydrogen-bond donors (Lipinski definition) is 3. The zero-order valence-electron chi connectivity index (χ0n) is 11.7. The summed E-state index contributed by atoms with van der Waals surface area (Å²) in [6.45, 7) is 1.81. The summed E-state index contributed by atoms with van der Waals surface area (Å²) in [6, 6.07) is 11.6. The molecule has 3 N–H and O–H groups in total. The van der Waals surface area contributed by atoms with Gasteiger partial charge in [-0.1, -0.05) is 12.1 Å². The maximum atomic E-state index is 10.9. The van der Waals surface area contributed by atoms with Gasteiger partial charge in [0.15, 0.2) is 5.82 Å². The Kier molecular flexibility index (Phi) is 3.34. The SMILES string of the molecule is Cc1nc2ccccc2nc1Nc1ccc(C(=O)O)cc1O. The maximum absolute atomic E-state index is 10.9. The molecule has 2 aromatic carbocycles. The summed E-state index contributed by atoms with van der Waals surface area (Å²) < 4.78 is 0. The van der Waals surface area contributed by atoms with Gasteiger partial charge in [-0.25, -0.2) is 14.8 Å². The third kappa shape index (κ3) is 2.54. The van der Waals surface area contributed by atoms with E-state index in [1.165, 1.54) is 18.2 Å². The van der Waals surface area contributed by atoms with E-state index >= 15 is 0 Å². The Morgan fingerprint density at radius 1 is 1.09 bits per heavy atom. The van der Waals surface area contributed by atoms with Crippen molar-refractivity contribution in [2.75, 3.05) is 5.32 Å². The zero-order chi connectivity index (χ0) is 15.7. The van der Waals surface area contributed by atoms with Gasteiger partial charge in [-0.2, -0.15) is 0 Å². The van der Waals surface area contributed by atoms with E-state index in [0.717, 1.165) is 11.0 Å². The number of carboxylic acids is 1. The van der Waals surface area contributed by atoms with Crippen molar-refractivity contribution >= 4 is 28.5 Å². The van der Waals surface area contributed by atoms with E-state index in [9.17, 15) is 9.90 Å². The molecule has 6 nitrogen and oxygen atoms in total. The number of anilines is 2. The average molecular weight is 295 g/mol. The van der Waals surface area contributed by atoms with Crippen molar-refractivity contribution < 1.29 is 15.0 Å². The number of phenols is 1. The van der Waals surface area contributed by atoms with E-state index in [1.807, 2.05) is 31.2 Å². The third-order valence-electron chi connectivity index (χ3n) is 3.24. The quantitative estimate of drug-likeness (QED) is 0.643. The molecule has 1 aromatic heterocycles. The highest BCUT2D eigenvalue weighted by Gasteiger charge is 2.10. The van der Waals surface area contributed by atoms with Crippen LogP contribution in [0.15, 0.2) is 42.5 Å². The Hall–Kier alpha value is -3.15. The highest BCUT2D eigenvalue weighted by Crippen LogP contribution is 2.28. The molecule has 22 heavy (non-hydrogen) atoms. The third-order valence-corrected chi connectivity index (χ3v) is 3.24. The second-order valence-corrected chi connectivity index (χ2v) is 4.81. The van der Waals surface area contributed by atoms with Crippen LogP contribution < -0.4 is 5.32 Å². The van der Waals surface area contributed by atoms with Gasteiger partial charge in [-0.15, -0.1) is 0 Å². The molecular weight excluding hydrogens is 282 g/mol. The van der Waals surface area contributed by atoms with E-state index in [2.05, 4.69) is 15.3 Å². The van der Waals surface area contributed by atoms with Gasteiger partial charge in [0.05, 0.1) is 28.0 Å². The zero-order valence-corrected chi connectivity index (χ0v) is 11.7. The number of rotatable bonds is 3. The molecular formula is C16H13N3O3. The predicted octanol–water partition coefficient (Wildman–Crippen LogP) is 3.09. The maximum Gasteiger partial charge on any atom is 0.335 e. The minimum Gasteiger partial charge on any atom is -0.506 e. The Morgan fingerprint density at radius 2 is 1.77 bits per heavy atom. The van der Waals surface area contributed by atoms with E-state index in [0.29, 0.717) is 17.2 Å². The monoisotopic (exact) mass is 295 g/mol. The summed E-state index contributed by atoms with van der Waals surface area (Å²) in [5, 5.41) is 21.8. The van der Waals surface area contributed by atoms with Crippen LogP contribution >= 0.6 is 0 Å². The van der Waals surface area contributed by atoms with Gasteiger partial charge >= 0.3 is 5.97 Å². The van der Waals surface area contributed by atoms with Crippen LogP contribution in [-0.2, 0) is 0 Å². The first kappa shape index (κ1) is 13.8. The van der Waals surface area contributed by atoms with Gasteiger partial charge in [0, 0.05) is 0 Å². The topological polar surface area (TPSA) is 95.3 Å². The number of aryl methyl sites for hydroxylation is 1. The first-order valence-corrected chi connectivity index (χ1v) is 6.61. The molecule has 0 saturated heterocycles. The molecule has 3 rings (SSSR count). The molecule has 0 amide bonds. The number of aromatic carboxylic acids is 1. The number of para-hydroxylation sites is 2. The summed E-state index contributed by atoms with van der Waals surface area (Å²) in [5.41, 5.74) is 2.59. The van der Waals surface area contributed by atoms with E-state index in [-0.39, 0.29) is 11.3 Å². The second kappa shape index (κ2) is 5.33. The molecule has 0 fully saturated rings. The Morgan fingerprint density at radius 3 is 2.41 bits per heavy atom. The lowest BCUT2D eigenvalue weighted by molar-refractivity contribution is 0.0696. The van der Waals surface area contributed by atoms with Gasteiger partial charge in [0.2, 0.25) is 0 Å². The largest absolute Gasteiger partial charge is 0.506 e. The van der Waals surface area contributed by atoms with Crippen molar-refractivity contribution in [3.8, 4) is 5.75 Å². The number of benzene rings is 2. The smallest absolute Gasteiger partial charge is 0.335 e. The minimum atomic E-state index is -1.09. The summed E-state index contributed by atoms with van der Waals surface area (Å²) in [4.78, 5) is 19.8. The van der Waals surface area contributed by atoms with Crippen LogP contribution in [-0.4, -0.2) is 26.2 Å². The first-order chi connectivity index (χ1) is 10.5. The van der Waals surface area contributed by atoms with E-state index < -0.39 is 5.97 Å². The molecule has 3 aromatic rings. The molecule has 0 aliphatic heterocycles. The number of fused-ring (bicyclic) bond motifs is 1. The van der Waals surface area contributed by atoms with Crippen LogP contribution in [0.3, 0.4) is 0 Å². The summed E-state index contributed by atoms with van der Waals surface area (Å²) in [5.74, 6) is -0.741. The average Bonchev–Trinajstić information content (AvgIpc) is 2.49. The van der Waals surface area contributed by atoms with Crippen LogP contribution in [0.2, 0.25) is 0 Å². The van der Waals surface area contributed by atoms with Crippen molar-refractivity contribution in [2.45, 2.75) is 6.92 Å². The van der Waals surface area contributed by atoms with Gasteiger partial charge in [0.1, 0.15) is 5.75 Å². The number of carbonyl (C=O) groups is 1. The molecule has 0 unspecified atom stereocenters. The normalized spacial score (nSPS) is 10.6. The van der Waals surface area contributed by atoms with Gasteiger partial charge in [-0.3, -0.25) is 0 Å². The number of aromatic hydroxyl groups is 1. The second-order valence-electron chi connectivity index (χ2n) is 4.81. The summed E-state index contributed by atoms with van der Waals surface area (Å²) in [6.07, 6.45) is 0. The molecule has 0 spiro atoms. The Labute approximate surface area is 126 Å². The number of hydrogen-bond acceptors (Lipinski definition) is 5. The molecule has 1 heterocycles. The van der Waals surface area contributed by atoms with Crippen LogP contribution in [0.1, 0.15) is 16.1 Å². The minimum absolute atomic E-state index is 0.0179. The molecule has 0 aliphatic rings. The number of carboxylic acid groups (broad SMARTS) is 1. The lowest BCUT2D eigenvalue weighted by Crippen LogP contribution is -2.01. The van der Waals surface area contributed by atoms with Crippen LogP contribution in [0.5, 0.6) is 5.75 Å². The molecule has 110 valence electrons. The number of aromatic nitrogens is 2. The summed E-state index contributed by atoms with van der Waals surface area (Å²) in [7, 11) is 0. The fraction of sp³-hybridized carbons (Fsp3) is 0.0625. The van der Waals surface area contributed by atoms with Crippen LogP contribution in [0.4, 0.5) is 11.5 Å². The van der Waals surface area contributed by atoms with Crippen molar-refractivity contribution in [1.29, 1.82) is 0 Å². The first-order valence-electron chi connectivity index (χ1n) is 6.61. The van der Waals surface area contributed by atoms with Crippen molar-refractivity contribution in [2.24, 2.45) is 0 Å². The van der Waals surface area contributed by atoms with Crippen LogP contribution in [0, 0.1) is 6.92 Å². The highest BCUT2D eigenvalue weighted by molar-refractivity contribution is 5.89. The Balaban J connectivity index is 1.99. The van der Waals surface area contributed by atoms with Crippen molar-refractivity contribution in [3.05, 3.63) is 53.7 Å². The van der Waals surface area contributed by atoms with E-state index in [4.69, 9.17) is 5.11 Å². The summed E-state index contributed by atoms with van der Waals surface area (Å²) >= 11 is 0. The van der Waals surface area contributed by atoms with Crippen LogP contribution in [0.25, 0.3) is 11.0 Å². The molecule has 0 saturated carbocycles. The lowest BCUT2D eigenvalue weighted by Gasteiger charge is -2.11. The van der Waals surface area contributed by atoms with Gasteiger partial charge in [-0.05, 0) is 37.3 Å². The lowest BCUT2D eigenvalue weighted by atomic mass is 10.2. The molecule has 0 aliphatic carbocycles. The molecule has 0 radical (unpaired) electrons. The van der Waals surface area contributed by atoms with Gasteiger partial charge in [0.25, 0.3) is 0 Å². The predicted molar refractivity (Wildman–Crippen MR) is 82.6 cm³/mol. The van der Waals surface area contributed by atoms with E-state index in [1.54, 1.807) is 0 Å². The fourth-order valence-electron chi connectivity index (χ4n) is 2.10. The number of nitrogens with one attached hydrogen (secondary N) is 1. The fourth-order valence-corrected chi connectivity index (χ4v) is 2.10. The van der Waals surface area contributed by atoms with Crippen molar-refractivity contribution in [3.63, 3.8) is 0 Å². The molecule has 0 atom stereocenters. The highest BCUT2D eigenvalue weighted by atomic mass is 16.4. The Bertz CT molecular complexity index is 878. The van der Waals surface area contributed by atoms with Gasteiger partial charge < -0.3 is 15.5 Å². The number of phenolic OH excluding ortho intramolecular Hbond substituents is 1. The molecule has 0 bridgehead atoms. The van der Waals surface area contributed by atoms with Crippen molar-refractivity contribution in [1.82, 2.24) is 9.97 Å². The molecule has 6 heteroatoms. The number of nitrogens with zero attached hydrogens (tertiary/aromatic N) is 2. The standard InChI is InChI=1S/C16H13N3O3/c1-9-15(18-12-5-3-2-4-11(12)17-9)19-13-7-6-10(16(21)22)8-14(13)20/h2-8,20H,1H3,(H,18,19)(H,21,22).